The van der Waals surface area contributed by atoms with E-state index >= 15 is 0 Å². The number of ether oxygens (including phenoxy) is 2. The Morgan fingerprint density at radius 3 is 2.70 bits per heavy atom. The van der Waals surface area contributed by atoms with Crippen LogP contribution in [0.5, 0.6) is 11.5 Å². The molecule has 1 unspecified atom stereocenters. The highest BCUT2D eigenvalue weighted by Gasteiger charge is 2.19. The van der Waals surface area contributed by atoms with Crippen LogP contribution in [0.4, 0.5) is 0 Å². The van der Waals surface area contributed by atoms with Crippen LogP contribution in [-0.4, -0.2) is 38.1 Å². The molecule has 5 nitrogen and oxygen atoms in total. The summed E-state index contributed by atoms with van der Waals surface area (Å²) in [5.41, 5.74) is 6.56. The van der Waals surface area contributed by atoms with Crippen molar-refractivity contribution in [1.29, 1.82) is 0 Å². The van der Waals surface area contributed by atoms with Gasteiger partial charge in [0, 0.05) is 25.6 Å². The fraction of sp³-hybridized carbons (Fsp3) is 0.400. The molecule has 1 amide bonds. The van der Waals surface area contributed by atoms with Gasteiger partial charge in [0.05, 0.1) is 20.3 Å². The van der Waals surface area contributed by atoms with Gasteiger partial charge in [0.15, 0.2) is 11.5 Å². The molecule has 108 valence electrons. The number of nitrogens with zero attached hydrogens (tertiary/aromatic N) is 1. The van der Waals surface area contributed by atoms with E-state index in [-0.39, 0.29) is 12.3 Å². The van der Waals surface area contributed by atoms with Gasteiger partial charge in [-0.3, -0.25) is 4.79 Å². The molecule has 0 saturated carbocycles. The second-order valence-corrected chi connectivity index (χ2v) is 4.36. The summed E-state index contributed by atoms with van der Waals surface area (Å²) in [5, 5.41) is 0. The molecule has 0 saturated heterocycles. The number of carbonyl (C=O) groups is 1. The van der Waals surface area contributed by atoms with Crippen molar-refractivity contribution in [3.63, 3.8) is 0 Å². The second kappa shape index (κ2) is 7.41. The largest absolute Gasteiger partial charge is 0.493 e. The Morgan fingerprint density at radius 2 is 2.15 bits per heavy atom. The molecule has 1 aromatic carbocycles. The summed E-state index contributed by atoms with van der Waals surface area (Å²) in [6.45, 7) is 0.372. The van der Waals surface area contributed by atoms with E-state index in [2.05, 4.69) is 5.92 Å². The van der Waals surface area contributed by atoms with Crippen LogP contribution in [-0.2, 0) is 11.3 Å². The first kappa shape index (κ1) is 15.9. The third-order valence-electron chi connectivity index (χ3n) is 2.92. The number of terminal acetylenes is 1. The lowest BCUT2D eigenvalue weighted by Gasteiger charge is -2.22. The minimum absolute atomic E-state index is 0.201. The molecular weight excluding hydrogens is 256 g/mol. The Morgan fingerprint density at radius 1 is 1.45 bits per heavy atom. The molecule has 0 aliphatic rings. The van der Waals surface area contributed by atoms with Crippen molar-refractivity contribution < 1.29 is 14.3 Å². The van der Waals surface area contributed by atoms with Crippen LogP contribution in [0, 0.1) is 12.3 Å². The molecule has 2 N–H and O–H groups in total. The maximum atomic E-state index is 12.0. The Labute approximate surface area is 119 Å². The van der Waals surface area contributed by atoms with Crippen molar-refractivity contribution in [2.24, 2.45) is 5.73 Å². The van der Waals surface area contributed by atoms with Gasteiger partial charge in [-0.1, -0.05) is 12.1 Å². The number of benzene rings is 1. The molecule has 20 heavy (non-hydrogen) atoms. The van der Waals surface area contributed by atoms with Crippen LogP contribution >= 0.6 is 0 Å². The van der Waals surface area contributed by atoms with Gasteiger partial charge >= 0.3 is 0 Å². The summed E-state index contributed by atoms with van der Waals surface area (Å²) >= 11 is 0. The van der Waals surface area contributed by atoms with Gasteiger partial charge in [-0.15, -0.1) is 12.3 Å². The average molecular weight is 276 g/mol. The molecule has 0 fully saturated rings. The van der Waals surface area contributed by atoms with Gasteiger partial charge in [0.2, 0.25) is 5.91 Å². The first-order chi connectivity index (χ1) is 9.54. The predicted molar refractivity (Wildman–Crippen MR) is 77.4 cm³/mol. The maximum Gasteiger partial charge on any atom is 0.240 e. The number of carbonyl (C=O) groups excluding carboxylic acids is 1. The highest BCUT2D eigenvalue weighted by atomic mass is 16.5. The van der Waals surface area contributed by atoms with Gasteiger partial charge in [0.1, 0.15) is 0 Å². The highest BCUT2D eigenvalue weighted by Crippen LogP contribution is 2.31. The molecule has 1 atom stereocenters. The van der Waals surface area contributed by atoms with Crippen molar-refractivity contribution in [2.75, 3.05) is 21.3 Å². The van der Waals surface area contributed by atoms with Gasteiger partial charge in [-0.05, 0) is 6.07 Å². The van der Waals surface area contributed by atoms with E-state index in [1.165, 1.54) is 4.90 Å². The fourth-order valence-corrected chi connectivity index (χ4v) is 1.91. The molecule has 0 aliphatic heterocycles. The molecule has 1 aromatic rings. The van der Waals surface area contributed by atoms with Crippen molar-refractivity contribution >= 4 is 5.91 Å². The van der Waals surface area contributed by atoms with E-state index in [4.69, 9.17) is 21.6 Å². The number of hydrogen-bond acceptors (Lipinski definition) is 4. The number of methoxy groups -OCH3 is 2. The number of hydrogen-bond donors (Lipinski definition) is 1. The number of nitrogens with two attached hydrogens (primary N) is 1. The summed E-state index contributed by atoms with van der Waals surface area (Å²) < 4.78 is 10.6. The number of likely N-dealkylation sites (N-methyl/N-ethyl adjacent to an activating group) is 1. The van der Waals surface area contributed by atoms with Crippen molar-refractivity contribution in [3.05, 3.63) is 23.8 Å². The fourth-order valence-electron chi connectivity index (χ4n) is 1.91. The lowest BCUT2D eigenvalue weighted by atomic mass is 10.1. The normalized spacial score (nSPS) is 11.3. The average Bonchev–Trinajstić information content (AvgIpc) is 2.46. The quantitative estimate of drug-likeness (QED) is 0.788. The molecule has 1 rings (SSSR count). The number of para-hydroxylation sites is 1. The van der Waals surface area contributed by atoms with Crippen molar-refractivity contribution in [3.8, 4) is 23.8 Å². The van der Waals surface area contributed by atoms with Crippen LogP contribution in [0.3, 0.4) is 0 Å². The van der Waals surface area contributed by atoms with Gasteiger partial charge in [-0.25, -0.2) is 0 Å². The number of amides is 1. The van der Waals surface area contributed by atoms with E-state index in [9.17, 15) is 4.79 Å². The predicted octanol–water partition coefficient (Wildman–Crippen LogP) is 1.01. The van der Waals surface area contributed by atoms with E-state index in [1.54, 1.807) is 27.3 Å². The zero-order chi connectivity index (χ0) is 15.1. The third kappa shape index (κ3) is 3.65. The molecule has 0 spiro atoms. The molecule has 0 aliphatic carbocycles. The van der Waals surface area contributed by atoms with E-state index in [1.807, 2.05) is 12.1 Å². The van der Waals surface area contributed by atoms with Crippen LogP contribution in [0.15, 0.2) is 18.2 Å². The summed E-state index contributed by atoms with van der Waals surface area (Å²) in [4.78, 5) is 13.6. The Kier molecular flexibility index (Phi) is 5.88. The molecular formula is C15H20N2O3. The third-order valence-corrected chi connectivity index (χ3v) is 2.92. The summed E-state index contributed by atoms with van der Waals surface area (Å²) in [6.07, 6.45) is 5.39. The zero-order valence-corrected chi connectivity index (χ0v) is 12.1. The van der Waals surface area contributed by atoms with Gasteiger partial charge in [-0.2, -0.15) is 0 Å². The van der Waals surface area contributed by atoms with E-state index in [0.29, 0.717) is 18.0 Å². The summed E-state index contributed by atoms with van der Waals surface area (Å²) in [5.74, 6) is 3.42. The summed E-state index contributed by atoms with van der Waals surface area (Å²) in [7, 11) is 4.81. The lowest BCUT2D eigenvalue weighted by Crippen LogP contribution is -2.41. The smallest absolute Gasteiger partial charge is 0.240 e. The standard InChI is InChI=1S/C15H20N2O3/c1-5-7-12(16)15(18)17(2)10-11-8-6-9-13(19-3)14(11)20-4/h1,6,8-9,12H,7,10,16H2,2-4H3. The van der Waals surface area contributed by atoms with Crippen molar-refractivity contribution in [1.82, 2.24) is 4.90 Å². The lowest BCUT2D eigenvalue weighted by molar-refractivity contribution is -0.131. The van der Waals surface area contributed by atoms with E-state index in [0.717, 1.165) is 5.56 Å². The SMILES string of the molecule is C#CCC(N)C(=O)N(C)Cc1cccc(OC)c1OC. The first-order valence-electron chi connectivity index (χ1n) is 6.19. The molecule has 0 bridgehead atoms. The molecule has 5 heteroatoms. The first-order valence-corrected chi connectivity index (χ1v) is 6.19. The summed E-state index contributed by atoms with van der Waals surface area (Å²) in [6, 6.07) is 4.84. The Balaban J connectivity index is 2.88. The van der Waals surface area contributed by atoms with Crippen molar-refractivity contribution in [2.45, 2.75) is 19.0 Å². The molecule has 0 radical (unpaired) electrons. The van der Waals surface area contributed by atoms with Crippen LogP contribution < -0.4 is 15.2 Å². The topological polar surface area (TPSA) is 64.8 Å². The zero-order valence-electron chi connectivity index (χ0n) is 12.1. The number of rotatable bonds is 6. The van der Waals surface area contributed by atoms with Crippen LogP contribution in [0.25, 0.3) is 0 Å². The van der Waals surface area contributed by atoms with Crippen LogP contribution in [0.1, 0.15) is 12.0 Å². The monoisotopic (exact) mass is 276 g/mol. The van der Waals surface area contributed by atoms with Crippen LogP contribution in [0.2, 0.25) is 0 Å². The van der Waals surface area contributed by atoms with Gasteiger partial charge < -0.3 is 20.1 Å². The molecule has 0 heterocycles. The minimum Gasteiger partial charge on any atom is -0.493 e. The Hall–Kier alpha value is -2.19. The second-order valence-electron chi connectivity index (χ2n) is 4.36. The maximum absolute atomic E-state index is 12.0. The minimum atomic E-state index is -0.679. The molecule has 0 aromatic heterocycles. The van der Waals surface area contributed by atoms with E-state index < -0.39 is 6.04 Å². The highest BCUT2D eigenvalue weighted by molar-refractivity contribution is 5.81. The van der Waals surface area contributed by atoms with Gasteiger partial charge in [0.25, 0.3) is 0 Å². The Bertz CT molecular complexity index is 508.